The van der Waals surface area contributed by atoms with E-state index >= 15 is 0 Å². The van der Waals surface area contributed by atoms with E-state index in [4.69, 9.17) is 11.6 Å². The fraction of sp³-hybridized carbons (Fsp3) is 0.529. The molecule has 2 saturated heterocycles. The van der Waals surface area contributed by atoms with E-state index in [1.54, 1.807) is 4.90 Å². The van der Waals surface area contributed by atoms with Gasteiger partial charge in [-0.15, -0.1) is 0 Å². The number of nitrogens with zero attached hydrogens (tertiary/aromatic N) is 1. The first-order chi connectivity index (χ1) is 11.0. The van der Waals surface area contributed by atoms with Crippen LogP contribution in [-0.4, -0.2) is 48.1 Å². The van der Waals surface area contributed by atoms with E-state index in [0.29, 0.717) is 31.2 Å². The molecule has 4 rings (SSSR count). The summed E-state index contributed by atoms with van der Waals surface area (Å²) < 4.78 is 0. The normalized spacial score (nSPS) is 31.0. The Hall–Kier alpha value is -1.59. The van der Waals surface area contributed by atoms with Gasteiger partial charge in [-0.3, -0.25) is 9.59 Å². The number of carboxylic acids is 1. The Labute approximate surface area is 139 Å². The van der Waals surface area contributed by atoms with Crippen molar-refractivity contribution in [2.75, 3.05) is 26.2 Å². The van der Waals surface area contributed by atoms with Gasteiger partial charge >= 0.3 is 5.97 Å². The number of amides is 1. The van der Waals surface area contributed by atoms with Crippen LogP contribution in [0.25, 0.3) is 0 Å². The van der Waals surface area contributed by atoms with Crippen molar-refractivity contribution in [3.05, 3.63) is 34.9 Å². The van der Waals surface area contributed by atoms with E-state index in [9.17, 15) is 14.7 Å². The van der Waals surface area contributed by atoms with Gasteiger partial charge in [-0.05, 0) is 30.5 Å². The van der Waals surface area contributed by atoms with Gasteiger partial charge in [0.05, 0.1) is 5.41 Å². The Morgan fingerprint density at radius 1 is 1.26 bits per heavy atom. The number of hydrogen-bond donors (Lipinski definition) is 2. The summed E-state index contributed by atoms with van der Waals surface area (Å²) in [7, 11) is 0. The van der Waals surface area contributed by atoms with Gasteiger partial charge in [-0.2, -0.15) is 0 Å². The summed E-state index contributed by atoms with van der Waals surface area (Å²) in [5.74, 6) is -0.709. The van der Waals surface area contributed by atoms with Gasteiger partial charge in [0.25, 0.3) is 0 Å². The first kappa shape index (κ1) is 15.0. The van der Waals surface area contributed by atoms with Crippen molar-refractivity contribution in [3.63, 3.8) is 0 Å². The van der Waals surface area contributed by atoms with E-state index < -0.39 is 16.8 Å². The van der Waals surface area contributed by atoms with Gasteiger partial charge < -0.3 is 15.3 Å². The minimum atomic E-state index is -0.814. The number of benzene rings is 1. The Kier molecular flexibility index (Phi) is 3.22. The molecule has 1 aromatic carbocycles. The average Bonchev–Trinajstić information content (AvgIpc) is 3.09. The lowest BCUT2D eigenvalue weighted by atomic mass is 9.81. The largest absolute Gasteiger partial charge is 0.481 e. The number of carbonyl (C=O) groups is 2. The summed E-state index contributed by atoms with van der Waals surface area (Å²) >= 11 is 5.94. The van der Waals surface area contributed by atoms with Gasteiger partial charge in [0, 0.05) is 37.1 Å². The highest BCUT2D eigenvalue weighted by Crippen LogP contribution is 2.51. The van der Waals surface area contributed by atoms with E-state index in [1.807, 2.05) is 24.3 Å². The highest BCUT2D eigenvalue weighted by molar-refractivity contribution is 6.30. The second-order valence-corrected chi connectivity index (χ2v) is 7.50. The molecule has 6 heteroatoms. The van der Waals surface area contributed by atoms with Crippen molar-refractivity contribution in [1.29, 1.82) is 0 Å². The minimum Gasteiger partial charge on any atom is -0.481 e. The Morgan fingerprint density at radius 2 is 1.96 bits per heavy atom. The molecule has 0 spiro atoms. The molecule has 0 unspecified atom stereocenters. The molecule has 0 bridgehead atoms. The molecule has 23 heavy (non-hydrogen) atoms. The van der Waals surface area contributed by atoms with Crippen LogP contribution in [-0.2, 0) is 15.0 Å². The molecule has 1 aromatic rings. The highest BCUT2D eigenvalue weighted by Gasteiger charge is 2.60. The zero-order valence-electron chi connectivity index (χ0n) is 12.7. The lowest BCUT2D eigenvalue weighted by molar-refractivity contribution is -0.148. The third kappa shape index (κ3) is 2.10. The molecule has 0 radical (unpaired) electrons. The summed E-state index contributed by atoms with van der Waals surface area (Å²) in [6.07, 6.45) is 1.65. The monoisotopic (exact) mass is 334 g/mol. The zero-order chi connectivity index (χ0) is 16.2. The average molecular weight is 335 g/mol. The Balaban J connectivity index is 1.59. The number of carbonyl (C=O) groups excluding carboxylic acids is 1. The van der Waals surface area contributed by atoms with Crippen molar-refractivity contribution in [2.45, 2.75) is 18.3 Å². The molecule has 1 saturated carbocycles. The number of nitrogens with one attached hydrogen (secondary N) is 1. The van der Waals surface area contributed by atoms with Crippen LogP contribution < -0.4 is 5.32 Å². The number of carboxylic acid groups (broad SMARTS) is 1. The Morgan fingerprint density at radius 3 is 2.52 bits per heavy atom. The number of aliphatic carboxylic acids is 1. The molecule has 1 aliphatic carbocycles. The molecule has 2 N–H and O–H groups in total. The number of likely N-dealkylation sites (tertiary alicyclic amines) is 1. The lowest BCUT2D eigenvalue weighted by Crippen LogP contribution is -2.43. The second-order valence-electron chi connectivity index (χ2n) is 7.06. The standard InChI is InChI=1S/C17H19ClN2O3/c18-13-3-1-11(2-4-13)16(5-6-16)14(21)20-8-12-7-19-9-17(12,10-20)15(22)23/h1-4,12,19H,5-10H2,(H,22,23)/t12-,17-/m0/s1. The molecule has 2 aliphatic heterocycles. The molecule has 3 fully saturated rings. The highest BCUT2D eigenvalue weighted by atomic mass is 35.5. The summed E-state index contributed by atoms with van der Waals surface area (Å²) in [4.78, 5) is 26.6. The van der Waals surface area contributed by atoms with E-state index in [0.717, 1.165) is 18.4 Å². The van der Waals surface area contributed by atoms with Crippen LogP contribution >= 0.6 is 11.6 Å². The number of fused-ring (bicyclic) bond motifs is 1. The lowest BCUT2D eigenvalue weighted by Gasteiger charge is -2.26. The van der Waals surface area contributed by atoms with Gasteiger partial charge in [-0.25, -0.2) is 0 Å². The van der Waals surface area contributed by atoms with Crippen LogP contribution in [0.3, 0.4) is 0 Å². The number of rotatable bonds is 3. The zero-order valence-corrected chi connectivity index (χ0v) is 13.5. The van der Waals surface area contributed by atoms with Crippen LogP contribution in [0.15, 0.2) is 24.3 Å². The molecular weight excluding hydrogens is 316 g/mol. The fourth-order valence-corrected chi connectivity index (χ4v) is 4.33. The van der Waals surface area contributed by atoms with Gasteiger partial charge in [-0.1, -0.05) is 23.7 Å². The first-order valence-corrected chi connectivity index (χ1v) is 8.35. The van der Waals surface area contributed by atoms with Crippen LogP contribution in [0, 0.1) is 11.3 Å². The van der Waals surface area contributed by atoms with Gasteiger partial charge in [0.2, 0.25) is 5.91 Å². The maximum absolute atomic E-state index is 13.1. The van der Waals surface area contributed by atoms with E-state index in [1.165, 1.54) is 0 Å². The maximum atomic E-state index is 13.1. The molecule has 0 aromatic heterocycles. The van der Waals surface area contributed by atoms with Crippen LogP contribution in [0.2, 0.25) is 5.02 Å². The van der Waals surface area contributed by atoms with Gasteiger partial charge in [0.1, 0.15) is 5.41 Å². The Bertz CT molecular complexity index is 671. The summed E-state index contributed by atoms with van der Waals surface area (Å²) in [5, 5.41) is 13.5. The number of hydrogen-bond acceptors (Lipinski definition) is 3. The quantitative estimate of drug-likeness (QED) is 0.879. The van der Waals surface area contributed by atoms with Crippen LogP contribution in [0.4, 0.5) is 0 Å². The van der Waals surface area contributed by atoms with Crippen LogP contribution in [0.5, 0.6) is 0 Å². The van der Waals surface area contributed by atoms with E-state index in [-0.39, 0.29) is 11.8 Å². The maximum Gasteiger partial charge on any atom is 0.313 e. The third-order valence-corrected chi connectivity index (χ3v) is 6.05. The second kappa shape index (κ2) is 4.95. The van der Waals surface area contributed by atoms with Crippen LogP contribution in [0.1, 0.15) is 18.4 Å². The first-order valence-electron chi connectivity index (χ1n) is 7.97. The summed E-state index contributed by atoms with van der Waals surface area (Å²) in [6.45, 7) is 1.97. The molecule has 3 aliphatic rings. The van der Waals surface area contributed by atoms with Crippen molar-refractivity contribution in [3.8, 4) is 0 Å². The fourth-order valence-electron chi connectivity index (χ4n) is 4.20. The molecular formula is C17H19ClN2O3. The smallest absolute Gasteiger partial charge is 0.313 e. The predicted molar refractivity (Wildman–Crippen MR) is 85.4 cm³/mol. The third-order valence-electron chi connectivity index (χ3n) is 5.80. The minimum absolute atomic E-state index is 0.00460. The molecule has 2 heterocycles. The SMILES string of the molecule is O=C(N1C[C@@H]2CNC[C@]2(C(=O)O)C1)C1(c2ccc(Cl)cc2)CC1. The van der Waals surface area contributed by atoms with Crippen molar-refractivity contribution < 1.29 is 14.7 Å². The summed E-state index contributed by atoms with van der Waals surface area (Å²) in [6, 6.07) is 7.45. The van der Waals surface area contributed by atoms with Crippen molar-refractivity contribution in [1.82, 2.24) is 10.2 Å². The van der Waals surface area contributed by atoms with Crippen molar-refractivity contribution >= 4 is 23.5 Å². The molecule has 1 amide bonds. The van der Waals surface area contributed by atoms with E-state index in [2.05, 4.69) is 5.32 Å². The molecule has 5 nitrogen and oxygen atoms in total. The predicted octanol–water partition coefficient (Wildman–Crippen LogP) is 1.50. The molecule has 2 atom stereocenters. The van der Waals surface area contributed by atoms with Crippen molar-refractivity contribution in [2.24, 2.45) is 11.3 Å². The number of halogens is 1. The van der Waals surface area contributed by atoms with Gasteiger partial charge in [0.15, 0.2) is 0 Å². The topological polar surface area (TPSA) is 69.6 Å². The molecule has 122 valence electrons. The summed E-state index contributed by atoms with van der Waals surface area (Å²) in [5.41, 5.74) is -0.284.